The van der Waals surface area contributed by atoms with E-state index in [1.807, 2.05) is 6.20 Å². The molecule has 1 saturated heterocycles. The van der Waals surface area contributed by atoms with Crippen LogP contribution in [0.15, 0.2) is 6.20 Å². The van der Waals surface area contributed by atoms with Crippen molar-refractivity contribution in [3.8, 4) is 0 Å². The maximum Gasteiger partial charge on any atom is 0.222 e. The third-order valence-electron chi connectivity index (χ3n) is 3.11. The SMILES string of the molecule is CNC(=O)C1CCN(Cc2cnc(Cl)s2)CC1. The van der Waals surface area contributed by atoms with E-state index >= 15 is 0 Å². The summed E-state index contributed by atoms with van der Waals surface area (Å²) < 4.78 is 0.597. The summed E-state index contributed by atoms with van der Waals surface area (Å²) in [5.74, 6) is 0.354. The van der Waals surface area contributed by atoms with Gasteiger partial charge in [-0.25, -0.2) is 4.98 Å². The quantitative estimate of drug-likeness (QED) is 0.913. The number of nitrogens with one attached hydrogen (secondary N) is 1. The monoisotopic (exact) mass is 273 g/mol. The van der Waals surface area contributed by atoms with Gasteiger partial charge in [0.2, 0.25) is 5.91 Å². The van der Waals surface area contributed by atoms with Crippen LogP contribution in [0.3, 0.4) is 0 Å². The Morgan fingerprint density at radius 3 is 2.88 bits per heavy atom. The van der Waals surface area contributed by atoms with Crippen LogP contribution in [0.4, 0.5) is 0 Å². The van der Waals surface area contributed by atoms with Crippen molar-refractivity contribution in [3.05, 3.63) is 15.5 Å². The molecule has 4 nitrogen and oxygen atoms in total. The molecule has 1 aromatic rings. The van der Waals surface area contributed by atoms with Gasteiger partial charge in [0.1, 0.15) is 0 Å². The number of hydrogen-bond acceptors (Lipinski definition) is 4. The number of halogens is 1. The molecule has 0 saturated carbocycles. The zero-order valence-corrected chi connectivity index (χ0v) is 11.4. The molecule has 94 valence electrons. The lowest BCUT2D eigenvalue weighted by Gasteiger charge is -2.30. The molecule has 0 aliphatic carbocycles. The van der Waals surface area contributed by atoms with Crippen molar-refractivity contribution in [2.45, 2.75) is 19.4 Å². The van der Waals surface area contributed by atoms with Crippen molar-refractivity contribution in [2.75, 3.05) is 20.1 Å². The van der Waals surface area contributed by atoms with E-state index in [2.05, 4.69) is 15.2 Å². The predicted octanol–water partition coefficient (Wildman–Crippen LogP) is 1.75. The summed E-state index contributed by atoms with van der Waals surface area (Å²) in [7, 11) is 1.70. The Morgan fingerprint density at radius 1 is 1.65 bits per heavy atom. The number of piperidine rings is 1. The third kappa shape index (κ3) is 3.40. The normalized spacial score (nSPS) is 18.2. The molecule has 2 heterocycles. The first-order chi connectivity index (χ1) is 8.19. The molecule has 0 bridgehead atoms. The Balaban J connectivity index is 1.81. The number of amides is 1. The molecule has 0 atom stereocenters. The van der Waals surface area contributed by atoms with Crippen LogP contribution in [0.5, 0.6) is 0 Å². The number of nitrogens with zero attached hydrogens (tertiary/aromatic N) is 2. The molecule has 0 radical (unpaired) electrons. The van der Waals surface area contributed by atoms with E-state index in [4.69, 9.17) is 11.6 Å². The van der Waals surface area contributed by atoms with Crippen LogP contribution in [0.2, 0.25) is 4.47 Å². The van der Waals surface area contributed by atoms with Gasteiger partial charge in [0.15, 0.2) is 4.47 Å². The first-order valence-corrected chi connectivity index (χ1v) is 6.92. The first kappa shape index (κ1) is 12.8. The number of carbonyl (C=O) groups excluding carboxylic acids is 1. The predicted molar refractivity (Wildman–Crippen MR) is 69.2 cm³/mol. The van der Waals surface area contributed by atoms with Gasteiger partial charge < -0.3 is 5.32 Å². The van der Waals surface area contributed by atoms with E-state index in [1.165, 1.54) is 16.2 Å². The standard InChI is InChI=1S/C11H16ClN3OS/c1-13-10(16)8-2-4-15(5-3-8)7-9-6-14-11(12)17-9/h6,8H,2-5,7H2,1H3,(H,13,16). The van der Waals surface area contributed by atoms with Gasteiger partial charge in [0.05, 0.1) is 0 Å². The number of thiazole rings is 1. The second-order valence-electron chi connectivity index (χ2n) is 4.24. The summed E-state index contributed by atoms with van der Waals surface area (Å²) >= 11 is 7.32. The molecule has 1 fully saturated rings. The van der Waals surface area contributed by atoms with Crippen molar-refractivity contribution in [1.29, 1.82) is 0 Å². The summed E-state index contributed by atoms with van der Waals surface area (Å²) in [5.41, 5.74) is 0. The molecule has 0 unspecified atom stereocenters. The van der Waals surface area contributed by atoms with Crippen LogP contribution in [-0.2, 0) is 11.3 Å². The molecule has 1 amide bonds. The highest BCUT2D eigenvalue weighted by molar-refractivity contribution is 7.15. The highest BCUT2D eigenvalue weighted by Crippen LogP contribution is 2.23. The van der Waals surface area contributed by atoms with E-state index in [-0.39, 0.29) is 11.8 Å². The molecule has 1 N–H and O–H groups in total. The number of likely N-dealkylation sites (tertiary alicyclic amines) is 1. The minimum Gasteiger partial charge on any atom is -0.359 e. The number of aromatic nitrogens is 1. The zero-order chi connectivity index (χ0) is 12.3. The Bertz CT molecular complexity index is 388. The molecule has 17 heavy (non-hydrogen) atoms. The second-order valence-corrected chi connectivity index (χ2v) is 5.94. The molecular formula is C11H16ClN3OS. The van der Waals surface area contributed by atoms with Crippen LogP contribution in [0.1, 0.15) is 17.7 Å². The van der Waals surface area contributed by atoms with Gasteiger partial charge in [-0.05, 0) is 25.9 Å². The van der Waals surface area contributed by atoms with Gasteiger partial charge in [-0.15, -0.1) is 11.3 Å². The van der Waals surface area contributed by atoms with Crippen LogP contribution in [0, 0.1) is 5.92 Å². The molecule has 6 heteroatoms. The molecule has 1 aliphatic rings. The van der Waals surface area contributed by atoms with Crippen molar-refractivity contribution < 1.29 is 4.79 Å². The van der Waals surface area contributed by atoms with Gasteiger partial charge >= 0.3 is 0 Å². The lowest BCUT2D eigenvalue weighted by molar-refractivity contribution is -0.125. The Labute approximate surface area is 110 Å². The summed E-state index contributed by atoms with van der Waals surface area (Å²) in [6, 6.07) is 0. The number of rotatable bonds is 3. The van der Waals surface area contributed by atoms with Gasteiger partial charge in [0, 0.05) is 30.6 Å². The number of hydrogen-bond donors (Lipinski definition) is 1. The Hall–Kier alpha value is -0.650. The molecule has 1 aromatic heterocycles. The minimum atomic E-state index is 0.172. The summed E-state index contributed by atoms with van der Waals surface area (Å²) in [4.78, 5) is 19.1. The van der Waals surface area contributed by atoms with E-state index in [0.717, 1.165) is 32.5 Å². The fraction of sp³-hybridized carbons (Fsp3) is 0.636. The average molecular weight is 274 g/mol. The molecule has 0 aromatic carbocycles. The average Bonchev–Trinajstić information content (AvgIpc) is 2.75. The summed E-state index contributed by atoms with van der Waals surface area (Å²) in [5, 5.41) is 2.72. The van der Waals surface area contributed by atoms with Crippen LogP contribution in [0.25, 0.3) is 0 Å². The smallest absolute Gasteiger partial charge is 0.222 e. The van der Waals surface area contributed by atoms with Crippen LogP contribution >= 0.6 is 22.9 Å². The zero-order valence-electron chi connectivity index (χ0n) is 9.78. The van der Waals surface area contributed by atoms with Crippen molar-refractivity contribution in [1.82, 2.24) is 15.2 Å². The van der Waals surface area contributed by atoms with Crippen LogP contribution < -0.4 is 5.32 Å². The summed E-state index contributed by atoms with van der Waals surface area (Å²) in [6.45, 7) is 2.83. The third-order valence-corrected chi connectivity index (χ3v) is 4.21. The topological polar surface area (TPSA) is 45.2 Å². The van der Waals surface area contributed by atoms with E-state index in [1.54, 1.807) is 7.05 Å². The van der Waals surface area contributed by atoms with Gasteiger partial charge in [-0.1, -0.05) is 11.6 Å². The lowest BCUT2D eigenvalue weighted by Crippen LogP contribution is -2.39. The fourth-order valence-corrected chi connectivity index (χ4v) is 3.15. The Kier molecular flexibility index (Phi) is 4.36. The second kappa shape index (κ2) is 5.80. The van der Waals surface area contributed by atoms with Crippen molar-refractivity contribution in [3.63, 3.8) is 0 Å². The maximum absolute atomic E-state index is 11.5. The van der Waals surface area contributed by atoms with Crippen LogP contribution in [-0.4, -0.2) is 35.9 Å². The largest absolute Gasteiger partial charge is 0.359 e. The number of carbonyl (C=O) groups is 1. The maximum atomic E-state index is 11.5. The fourth-order valence-electron chi connectivity index (χ4n) is 2.13. The molecule has 0 spiro atoms. The van der Waals surface area contributed by atoms with E-state index in [0.29, 0.717) is 4.47 Å². The lowest BCUT2D eigenvalue weighted by atomic mass is 9.96. The van der Waals surface area contributed by atoms with Crippen molar-refractivity contribution >= 4 is 28.8 Å². The Morgan fingerprint density at radius 2 is 2.35 bits per heavy atom. The van der Waals surface area contributed by atoms with Gasteiger partial charge in [0.25, 0.3) is 0 Å². The van der Waals surface area contributed by atoms with Gasteiger partial charge in [-0.2, -0.15) is 0 Å². The van der Waals surface area contributed by atoms with Crippen molar-refractivity contribution in [2.24, 2.45) is 5.92 Å². The van der Waals surface area contributed by atoms with E-state index in [9.17, 15) is 4.79 Å². The molecular weight excluding hydrogens is 258 g/mol. The highest BCUT2D eigenvalue weighted by Gasteiger charge is 2.24. The molecule has 2 rings (SSSR count). The first-order valence-electron chi connectivity index (χ1n) is 5.73. The van der Waals surface area contributed by atoms with Gasteiger partial charge in [-0.3, -0.25) is 9.69 Å². The van der Waals surface area contributed by atoms with E-state index < -0.39 is 0 Å². The molecule has 1 aliphatic heterocycles. The minimum absolute atomic E-state index is 0.172. The summed E-state index contributed by atoms with van der Waals surface area (Å²) in [6.07, 6.45) is 3.70. The highest BCUT2D eigenvalue weighted by atomic mass is 35.5.